The Labute approximate surface area is 79.1 Å². The summed E-state index contributed by atoms with van der Waals surface area (Å²) in [4.78, 5) is 0. The number of hydrogen-bond acceptors (Lipinski definition) is 2. The van der Waals surface area contributed by atoms with E-state index in [0.29, 0.717) is 0 Å². The lowest BCUT2D eigenvalue weighted by molar-refractivity contribution is 0.705. The van der Waals surface area contributed by atoms with E-state index in [4.69, 9.17) is 0 Å². The highest BCUT2D eigenvalue weighted by Crippen LogP contribution is 2.41. The number of rotatable bonds is 4. The Hall–Kier alpha value is -0.830. The largest absolute Gasteiger partial charge is 0.319 e. The lowest BCUT2D eigenvalue weighted by Crippen LogP contribution is -2.11. The lowest BCUT2D eigenvalue weighted by atomic mass is 10.1. The predicted molar refractivity (Wildman–Crippen MR) is 52.8 cm³/mol. The van der Waals surface area contributed by atoms with Crippen LogP contribution in [0.5, 0.6) is 0 Å². The van der Waals surface area contributed by atoms with E-state index in [2.05, 4.69) is 17.5 Å². The fraction of sp³-hybridized carbons (Fsp3) is 0.700. The van der Waals surface area contributed by atoms with Crippen LogP contribution in [0.3, 0.4) is 0 Å². The fourth-order valence-corrected chi connectivity index (χ4v) is 1.83. The van der Waals surface area contributed by atoms with Gasteiger partial charge in [-0.05, 0) is 38.4 Å². The summed E-state index contributed by atoms with van der Waals surface area (Å²) >= 11 is 0. The fourth-order valence-electron chi connectivity index (χ4n) is 1.83. The normalized spacial score (nSPS) is 16.5. The second-order valence-electron chi connectivity index (χ2n) is 3.81. The number of aryl methyl sites for hydroxylation is 1. The second-order valence-corrected chi connectivity index (χ2v) is 3.81. The molecule has 3 nitrogen and oxygen atoms in total. The zero-order valence-corrected chi connectivity index (χ0v) is 8.38. The first-order valence-electron chi connectivity index (χ1n) is 4.98. The van der Waals surface area contributed by atoms with Crippen molar-refractivity contribution in [1.82, 2.24) is 15.1 Å². The molecule has 1 aliphatic carbocycles. The minimum Gasteiger partial charge on any atom is -0.319 e. The molecule has 0 aromatic carbocycles. The van der Waals surface area contributed by atoms with Crippen LogP contribution in [0.4, 0.5) is 0 Å². The smallest absolute Gasteiger partial charge is 0.0525 e. The van der Waals surface area contributed by atoms with Crippen LogP contribution in [-0.4, -0.2) is 23.4 Å². The summed E-state index contributed by atoms with van der Waals surface area (Å²) in [6.45, 7) is 1.05. The van der Waals surface area contributed by atoms with Crippen LogP contribution in [0.2, 0.25) is 0 Å². The van der Waals surface area contributed by atoms with Crippen LogP contribution in [0, 0.1) is 0 Å². The van der Waals surface area contributed by atoms with Crippen LogP contribution in [0.1, 0.15) is 30.0 Å². The average molecular weight is 179 g/mol. The van der Waals surface area contributed by atoms with Crippen molar-refractivity contribution in [1.29, 1.82) is 0 Å². The van der Waals surface area contributed by atoms with Gasteiger partial charge in [0, 0.05) is 18.7 Å². The van der Waals surface area contributed by atoms with Gasteiger partial charge in [0.1, 0.15) is 0 Å². The van der Waals surface area contributed by atoms with Gasteiger partial charge in [-0.25, -0.2) is 0 Å². The zero-order chi connectivity index (χ0) is 9.26. The maximum atomic E-state index is 4.32. The van der Waals surface area contributed by atoms with Gasteiger partial charge in [0.2, 0.25) is 0 Å². The summed E-state index contributed by atoms with van der Waals surface area (Å²) in [6.07, 6.45) is 5.83. The third-order valence-electron chi connectivity index (χ3n) is 2.67. The number of likely N-dealkylation sites (N-methyl/N-ethyl adjacent to an activating group) is 1. The van der Waals surface area contributed by atoms with Crippen LogP contribution >= 0.6 is 0 Å². The van der Waals surface area contributed by atoms with Crippen LogP contribution in [-0.2, 0) is 13.5 Å². The molecule has 0 radical (unpaired) electrons. The van der Waals surface area contributed by atoms with Crippen molar-refractivity contribution >= 4 is 0 Å². The van der Waals surface area contributed by atoms with Crippen molar-refractivity contribution in [2.45, 2.75) is 25.2 Å². The Bertz CT molecular complexity index is 286. The molecule has 0 aliphatic heterocycles. The van der Waals surface area contributed by atoms with Gasteiger partial charge >= 0.3 is 0 Å². The molecule has 1 N–H and O–H groups in total. The molecule has 1 aliphatic rings. The molecular formula is C10H17N3. The highest BCUT2D eigenvalue weighted by molar-refractivity contribution is 5.25. The van der Waals surface area contributed by atoms with E-state index in [0.717, 1.165) is 18.9 Å². The summed E-state index contributed by atoms with van der Waals surface area (Å²) in [5.74, 6) is 0.805. The summed E-state index contributed by atoms with van der Waals surface area (Å²) in [6, 6.07) is 0. The molecule has 0 spiro atoms. The Morgan fingerprint density at radius 1 is 1.62 bits per heavy atom. The molecule has 1 aromatic heterocycles. The summed E-state index contributed by atoms with van der Waals surface area (Å²) in [7, 11) is 4.05. The van der Waals surface area contributed by atoms with Crippen molar-refractivity contribution in [3.05, 3.63) is 17.5 Å². The molecule has 1 aromatic rings. The minimum atomic E-state index is 0.805. The van der Waals surface area contributed by atoms with Crippen molar-refractivity contribution in [3.8, 4) is 0 Å². The molecule has 1 saturated carbocycles. The maximum absolute atomic E-state index is 4.32. The highest BCUT2D eigenvalue weighted by atomic mass is 15.3. The minimum absolute atomic E-state index is 0.805. The number of aromatic nitrogens is 2. The summed E-state index contributed by atoms with van der Waals surface area (Å²) < 4.78 is 2.04. The summed E-state index contributed by atoms with van der Waals surface area (Å²) in [5, 5.41) is 7.49. The topological polar surface area (TPSA) is 29.9 Å². The van der Waals surface area contributed by atoms with Crippen LogP contribution in [0.15, 0.2) is 6.20 Å². The van der Waals surface area contributed by atoms with E-state index in [9.17, 15) is 0 Å². The first-order valence-corrected chi connectivity index (χ1v) is 4.98. The van der Waals surface area contributed by atoms with E-state index in [1.54, 1.807) is 0 Å². The molecule has 0 bridgehead atoms. The SMILES string of the molecule is CNCCc1cnn(C)c1C1CC1. The number of nitrogens with zero attached hydrogens (tertiary/aromatic N) is 2. The quantitative estimate of drug-likeness (QED) is 0.749. The molecule has 0 unspecified atom stereocenters. The van der Waals surface area contributed by atoms with E-state index in [1.807, 2.05) is 17.9 Å². The monoisotopic (exact) mass is 179 g/mol. The van der Waals surface area contributed by atoms with E-state index in [-0.39, 0.29) is 0 Å². The molecule has 0 atom stereocenters. The van der Waals surface area contributed by atoms with Gasteiger partial charge in [-0.1, -0.05) is 0 Å². The second kappa shape index (κ2) is 3.50. The number of hydrogen-bond donors (Lipinski definition) is 1. The molecule has 3 heteroatoms. The van der Waals surface area contributed by atoms with Crippen molar-refractivity contribution in [2.24, 2.45) is 7.05 Å². The lowest BCUT2D eigenvalue weighted by Gasteiger charge is -2.03. The first kappa shape index (κ1) is 8.75. The number of nitrogens with one attached hydrogen (secondary N) is 1. The van der Waals surface area contributed by atoms with Gasteiger partial charge in [-0.2, -0.15) is 5.10 Å². The zero-order valence-electron chi connectivity index (χ0n) is 8.38. The standard InChI is InChI=1S/C10H17N3/c1-11-6-5-9-7-12-13(2)10(9)8-3-4-8/h7-8,11H,3-6H2,1-2H3. The van der Waals surface area contributed by atoms with Gasteiger partial charge in [0.25, 0.3) is 0 Å². The van der Waals surface area contributed by atoms with Gasteiger partial charge in [-0.3, -0.25) is 4.68 Å². The molecular weight excluding hydrogens is 162 g/mol. The third-order valence-corrected chi connectivity index (χ3v) is 2.67. The Morgan fingerprint density at radius 3 is 3.00 bits per heavy atom. The molecule has 13 heavy (non-hydrogen) atoms. The van der Waals surface area contributed by atoms with Crippen molar-refractivity contribution < 1.29 is 0 Å². The predicted octanol–water partition coefficient (Wildman–Crippen LogP) is 1.06. The van der Waals surface area contributed by atoms with Crippen LogP contribution in [0.25, 0.3) is 0 Å². The molecule has 0 amide bonds. The Balaban J connectivity index is 2.13. The Kier molecular flexibility index (Phi) is 2.36. The van der Waals surface area contributed by atoms with E-state index >= 15 is 0 Å². The maximum Gasteiger partial charge on any atom is 0.0525 e. The summed E-state index contributed by atoms with van der Waals surface area (Å²) in [5.41, 5.74) is 2.90. The van der Waals surface area contributed by atoms with Crippen molar-refractivity contribution in [3.63, 3.8) is 0 Å². The van der Waals surface area contributed by atoms with Crippen LogP contribution < -0.4 is 5.32 Å². The van der Waals surface area contributed by atoms with Gasteiger partial charge in [0.05, 0.1) is 6.20 Å². The van der Waals surface area contributed by atoms with E-state index in [1.165, 1.54) is 24.1 Å². The molecule has 1 heterocycles. The molecule has 2 rings (SSSR count). The molecule has 0 saturated heterocycles. The first-order chi connectivity index (χ1) is 6.33. The van der Waals surface area contributed by atoms with Gasteiger partial charge < -0.3 is 5.32 Å². The van der Waals surface area contributed by atoms with E-state index < -0.39 is 0 Å². The van der Waals surface area contributed by atoms with Crippen molar-refractivity contribution in [2.75, 3.05) is 13.6 Å². The van der Waals surface area contributed by atoms with Gasteiger partial charge in [0.15, 0.2) is 0 Å². The molecule has 1 fully saturated rings. The molecule has 72 valence electrons. The highest BCUT2D eigenvalue weighted by Gasteiger charge is 2.28. The van der Waals surface area contributed by atoms with Gasteiger partial charge in [-0.15, -0.1) is 0 Å². The average Bonchev–Trinajstić information content (AvgIpc) is 2.88. The third kappa shape index (κ3) is 1.75. The Morgan fingerprint density at radius 2 is 2.38 bits per heavy atom.